The summed E-state index contributed by atoms with van der Waals surface area (Å²) in [6.45, 7) is 0. The van der Waals surface area contributed by atoms with Crippen LogP contribution in [0.25, 0.3) is 0 Å². The molecule has 1 nitrogen and oxygen atoms in total. The zero-order chi connectivity index (χ0) is 4.41. The van der Waals surface area contributed by atoms with Crippen molar-refractivity contribution in [2.24, 2.45) is 0 Å². The van der Waals surface area contributed by atoms with E-state index in [0.29, 0.717) is 0 Å². The number of rotatable bonds is 0. The quantitative estimate of drug-likeness (QED) is 0.309. The molecule has 0 heterocycles. The minimum absolute atomic E-state index is 0. The average Bonchev–Trinajstić information content (AvgIpc) is 1.86. The summed E-state index contributed by atoms with van der Waals surface area (Å²) in [5.41, 5.74) is 0. The number of hydrogen-bond donors (Lipinski definition) is 0. The molecule has 0 saturated heterocycles. The second-order valence-electron chi connectivity index (χ2n) is 1.91. The first-order valence-corrected chi connectivity index (χ1v) is 2.55. The van der Waals surface area contributed by atoms with Crippen molar-refractivity contribution in [1.82, 2.24) is 0 Å². The first-order chi connectivity index (χ1) is 2.89. The Balaban J connectivity index is 0.000000360. The molecule has 1 aliphatic rings. The van der Waals surface area contributed by atoms with E-state index in [4.69, 9.17) is 0 Å². The maximum Gasteiger partial charge on any atom is 1.00 e. The van der Waals surface area contributed by atoms with Crippen molar-refractivity contribution in [3.63, 3.8) is 0 Å². The second kappa shape index (κ2) is 3.90. The van der Waals surface area contributed by atoms with Gasteiger partial charge in [0.1, 0.15) is 0 Å². The van der Waals surface area contributed by atoms with Crippen LogP contribution in [0.4, 0.5) is 0 Å². The normalized spacial score (nSPS) is 21.9. The fraction of sp³-hybridized carbons (Fsp3) is 1.00. The Hall–Kier alpha value is 0.960. The molecule has 0 spiro atoms. The van der Waals surface area contributed by atoms with Crippen molar-refractivity contribution >= 4 is 0 Å². The summed E-state index contributed by atoms with van der Waals surface area (Å²) < 4.78 is 0. The van der Waals surface area contributed by atoms with E-state index in [1.165, 1.54) is 12.8 Å². The fourth-order valence-corrected chi connectivity index (χ4v) is 0.888. The largest absolute Gasteiger partial charge is 1.00 e. The molecule has 0 aromatic rings. The molecule has 0 bridgehead atoms. The van der Waals surface area contributed by atoms with Crippen molar-refractivity contribution in [2.45, 2.75) is 31.8 Å². The van der Waals surface area contributed by atoms with E-state index in [2.05, 4.69) is 0 Å². The standard InChI is InChI=1S/C5H9O.Na/c6-5-3-1-2-4-5;/h5H,1-4H2;/q-1;+1. The van der Waals surface area contributed by atoms with Gasteiger partial charge in [-0.1, -0.05) is 25.7 Å². The molecule has 36 valence electrons. The summed E-state index contributed by atoms with van der Waals surface area (Å²) in [6, 6.07) is 0. The van der Waals surface area contributed by atoms with Crippen LogP contribution < -0.4 is 34.7 Å². The maximum atomic E-state index is 10.3. The van der Waals surface area contributed by atoms with Gasteiger partial charge in [0.25, 0.3) is 0 Å². The van der Waals surface area contributed by atoms with Crippen molar-refractivity contribution in [3.8, 4) is 0 Å². The van der Waals surface area contributed by atoms with E-state index >= 15 is 0 Å². The molecule has 0 atom stereocenters. The molecule has 0 unspecified atom stereocenters. The Morgan fingerprint density at radius 2 is 1.57 bits per heavy atom. The molecule has 0 radical (unpaired) electrons. The summed E-state index contributed by atoms with van der Waals surface area (Å²) >= 11 is 0. The Morgan fingerprint density at radius 1 is 1.14 bits per heavy atom. The predicted molar refractivity (Wildman–Crippen MR) is 22.3 cm³/mol. The predicted octanol–water partition coefficient (Wildman–Crippen LogP) is -2.71. The Morgan fingerprint density at radius 3 is 1.71 bits per heavy atom. The van der Waals surface area contributed by atoms with Crippen LogP contribution in [0.1, 0.15) is 25.7 Å². The Kier molecular flexibility index (Phi) is 4.44. The van der Waals surface area contributed by atoms with Gasteiger partial charge in [-0.15, -0.1) is 6.10 Å². The smallest absolute Gasteiger partial charge is 0.852 e. The van der Waals surface area contributed by atoms with Gasteiger partial charge in [0.15, 0.2) is 0 Å². The fourth-order valence-electron chi connectivity index (χ4n) is 0.888. The summed E-state index contributed by atoms with van der Waals surface area (Å²) in [4.78, 5) is 0. The van der Waals surface area contributed by atoms with Gasteiger partial charge in [-0.2, -0.15) is 0 Å². The van der Waals surface area contributed by atoms with E-state index in [1.54, 1.807) is 0 Å². The van der Waals surface area contributed by atoms with Crippen LogP contribution in [0.15, 0.2) is 0 Å². The van der Waals surface area contributed by atoms with Gasteiger partial charge < -0.3 is 5.11 Å². The van der Waals surface area contributed by atoms with E-state index in [0.717, 1.165) is 12.8 Å². The molecule has 0 amide bonds. The first-order valence-electron chi connectivity index (χ1n) is 2.55. The van der Waals surface area contributed by atoms with E-state index < -0.39 is 0 Å². The minimum atomic E-state index is -0.204. The van der Waals surface area contributed by atoms with Crippen molar-refractivity contribution in [1.29, 1.82) is 0 Å². The van der Waals surface area contributed by atoms with Crippen molar-refractivity contribution < 1.29 is 34.7 Å². The first kappa shape index (κ1) is 7.96. The third-order valence-corrected chi connectivity index (χ3v) is 1.30. The molecule has 7 heavy (non-hydrogen) atoms. The third-order valence-electron chi connectivity index (χ3n) is 1.30. The van der Waals surface area contributed by atoms with E-state index in [9.17, 15) is 5.11 Å². The van der Waals surface area contributed by atoms with Gasteiger partial charge >= 0.3 is 29.6 Å². The molecule has 1 saturated carbocycles. The Labute approximate surface area is 66.4 Å². The van der Waals surface area contributed by atoms with Crippen molar-refractivity contribution in [2.75, 3.05) is 0 Å². The molecule has 2 heteroatoms. The third kappa shape index (κ3) is 2.70. The van der Waals surface area contributed by atoms with Crippen LogP contribution in [0.5, 0.6) is 0 Å². The Bertz CT molecular complexity index is 41.3. The zero-order valence-corrected chi connectivity index (χ0v) is 6.81. The summed E-state index contributed by atoms with van der Waals surface area (Å²) in [5, 5.41) is 10.3. The van der Waals surface area contributed by atoms with Crippen LogP contribution in [0.2, 0.25) is 0 Å². The minimum Gasteiger partial charge on any atom is -0.852 e. The molecule has 1 aliphatic carbocycles. The summed E-state index contributed by atoms with van der Waals surface area (Å²) in [7, 11) is 0. The maximum absolute atomic E-state index is 10.3. The van der Waals surface area contributed by atoms with Gasteiger partial charge in [0.05, 0.1) is 0 Å². The number of hydrogen-bond acceptors (Lipinski definition) is 1. The second-order valence-corrected chi connectivity index (χ2v) is 1.91. The van der Waals surface area contributed by atoms with Crippen LogP contribution >= 0.6 is 0 Å². The van der Waals surface area contributed by atoms with Crippen LogP contribution in [0.3, 0.4) is 0 Å². The van der Waals surface area contributed by atoms with Crippen molar-refractivity contribution in [3.05, 3.63) is 0 Å². The van der Waals surface area contributed by atoms with Gasteiger partial charge in [0.2, 0.25) is 0 Å². The molecular formula is C5H9NaO. The molecule has 0 aromatic carbocycles. The topological polar surface area (TPSA) is 23.1 Å². The van der Waals surface area contributed by atoms with E-state index in [-0.39, 0.29) is 35.7 Å². The van der Waals surface area contributed by atoms with Crippen LogP contribution in [-0.2, 0) is 0 Å². The van der Waals surface area contributed by atoms with Gasteiger partial charge in [-0.3, -0.25) is 0 Å². The summed E-state index contributed by atoms with van der Waals surface area (Å²) in [6.07, 6.45) is 4.01. The molecule has 0 N–H and O–H groups in total. The van der Waals surface area contributed by atoms with Gasteiger partial charge in [0, 0.05) is 0 Å². The average molecular weight is 108 g/mol. The molecule has 0 aromatic heterocycles. The molecule has 1 rings (SSSR count). The zero-order valence-electron chi connectivity index (χ0n) is 4.81. The van der Waals surface area contributed by atoms with Gasteiger partial charge in [-0.05, 0) is 0 Å². The van der Waals surface area contributed by atoms with Crippen LogP contribution in [0, 0.1) is 0 Å². The summed E-state index contributed by atoms with van der Waals surface area (Å²) in [5.74, 6) is 0. The van der Waals surface area contributed by atoms with E-state index in [1.807, 2.05) is 0 Å². The monoisotopic (exact) mass is 108 g/mol. The van der Waals surface area contributed by atoms with Crippen LogP contribution in [-0.4, -0.2) is 6.10 Å². The molecule has 0 aliphatic heterocycles. The SMILES string of the molecule is [Na+].[O-]C1CCCC1. The van der Waals surface area contributed by atoms with Gasteiger partial charge in [-0.25, -0.2) is 0 Å². The molecular weight excluding hydrogens is 99.0 g/mol. The molecule has 1 fully saturated rings.